The molecule has 0 aliphatic carbocycles. The third kappa shape index (κ3) is 1.73. The molecule has 1 aliphatic heterocycles. The summed E-state index contributed by atoms with van der Waals surface area (Å²) in [6.07, 6.45) is 0.274. The Balaban J connectivity index is 2.68. The molecule has 1 rings (SSSR count). The van der Waals surface area contributed by atoms with E-state index in [1.165, 1.54) is 11.9 Å². The van der Waals surface area contributed by atoms with Crippen LogP contribution < -0.4 is 0 Å². The summed E-state index contributed by atoms with van der Waals surface area (Å²) in [7, 11) is 3.07. The average Bonchev–Trinajstić information content (AvgIpc) is 2.07. The van der Waals surface area contributed by atoms with Crippen molar-refractivity contribution in [1.82, 2.24) is 9.80 Å². The van der Waals surface area contributed by atoms with E-state index in [1.807, 2.05) is 0 Å². The molecule has 1 saturated heterocycles. The molecule has 0 unspecified atom stereocenters. The van der Waals surface area contributed by atoms with E-state index in [4.69, 9.17) is 4.74 Å². The van der Waals surface area contributed by atoms with Gasteiger partial charge >= 0.3 is 6.03 Å². The van der Waals surface area contributed by atoms with Gasteiger partial charge in [-0.2, -0.15) is 0 Å². The molecule has 3 amide bonds. The van der Waals surface area contributed by atoms with Gasteiger partial charge in [-0.1, -0.05) is 0 Å². The Morgan fingerprint density at radius 2 is 2.00 bits per heavy atom. The van der Waals surface area contributed by atoms with Gasteiger partial charge in [0.25, 0.3) is 0 Å². The van der Waals surface area contributed by atoms with Crippen LogP contribution in [-0.4, -0.2) is 49.2 Å². The fourth-order valence-corrected chi connectivity index (χ4v) is 0.947. The molecule has 1 heterocycles. The van der Waals surface area contributed by atoms with Crippen molar-refractivity contribution in [1.29, 1.82) is 0 Å². The van der Waals surface area contributed by atoms with E-state index < -0.39 is 0 Å². The third-order valence-corrected chi connectivity index (χ3v) is 1.73. The van der Waals surface area contributed by atoms with E-state index in [2.05, 4.69) is 0 Å². The lowest BCUT2D eigenvalue weighted by molar-refractivity contribution is -0.130. The maximum atomic E-state index is 11.3. The monoisotopic (exact) mass is 172 g/mol. The van der Waals surface area contributed by atoms with Gasteiger partial charge in [0.2, 0.25) is 5.91 Å². The first-order valence-corrected chi connectivity index (χ1v) is 3.72. The van der Waals surface area contributed by atoms with Crippen molar-refractivity contribution in [2.24, 2.45) is 0 Å². The van der Waals surface area contributed by atoms with Crippen LogP contribution in [0, 0.1) is 0 Å². The molecular weight excluding hydrogens is 160 g/mol. The number of ether oxygens (including phenoxy) is 1. The summed E-state index contributed by atoms with van der Waals surface area (Å²) in [5, 5.41) is 0. The van der Waals surface area contributed by atoms with Gasteiger partial charge in [0.15, 0.2) is 0 Å². The molecule has 0 spiro atoms. The van der Waals surface area contributed by atoms with Gasteiger partial charge in [0, 0.05) is 14.1 Å². The van der Waals surface area contributed by atoms with Gasteiger partial charge in [-0.05, 0) is 0 Å². The molecule has 0 atom stereocenters. The van der Waals surface area contributed by atoms with Crippen LogP contribution in [0.25, 0.3) is 0 Å². The van der Waals surface area contributed by atoms with Gasteiger partial charge in [0.05, 0.1) is 13.0 Å². The number of nitrogens with zero attached hydrogens (tertiary/aromatic N) is 2. The minimum atomic E-state index is -0.320. The van der Waals surface area contributed by atoms with Crippen molar-refractivity contribution in [2.45, 2.75) is 6.42 Å². The van der Waals surface area contributed by atoms with Gasteiger partial charge in [-0.25, -0.2) is 4.79 Å². The fourth-order valence-electron chi connectivity index (χ4n) is 0.947. The summed E-state index contributed by atoms with van der Waals surface area (Å²) in [6, 6.07) is -0.320. The second-order valence-electron chi connectivity index (χ2n) is 2.72. The van der Waals surface area contributed by atoms with E-state index in [9.17, 15) is 9.59 Å². The third-order valence-electron chi connectivity index (χ3n) is 1.73. The smallest absolute Gasteiger partial charge is 0.328 e. The van der Waals surface area contributed by atoms with Crippen molar-refractivity contribution in [3.05, 3.63) is 0 Å². The Labute approximate surface area is 70.9 Å². The number of carbonyl (C=O) groups excluding carboxylic acids is 2. The number of hydrogen-bond acceptors (Lipinski definition) is 3. The number of rotatable bonds is 0. The number of carbonyl (C=O) groups is 2. The molecule has 5 heteroatoms. The van der Waals surface area contributed by atoms with Crippen LogP contribution in [0.4, 0.5) is 4.79 Å². The molecular formula is C7H12N2O3. The Bertz CT molecular complexity index is 205. The van der Waals surface area contributed by atoms with Crippen molar-refractivity contribution in [3.63, 3.8) is 0 Å². The van der Waals surface area contributed by atoms with Crippen molar-refractivity contribution >= 4 is 11.9 Å². The van der Waals surface area contributed by atoms with E-state index >= 15 is 0 Å². The molecule has 68 valence electrons. The lowest BCUT2D eigenvalue weighted by Crippen LogP contribution is -2.45. The second kappa shape index (κ2) is 3.53. The maximum Gasteiger partial charge on any atom is 0.328 e. The normalized spacial score (nSPS) is 20.8. The van der Waals surface area contributed by atoms with Crippen LogP contribution in [0.2, 0.25) is 0 Å². The first-order chi connectivity index (χ1) is 5.63. The lowest BCUT2D eigenvalue weighted by Gasteiger charge is -2.25. The summed E-state index contributed by atoms with van der Waals surface area (Å²) >= 11 is 0. The molecule has 0 aromatic heterocycles. The van der Waals surface area contributed by atoms with Crippen LogP contribution >= 0.6 is 0 Å². The Morgan fingerprint density at radius 1 is 1.33 bits per heavy atom. The van der Waals surface area contributed by atoms with Crippen LogP contribution in [-0.2, 0) is 9.53 Å². The summed E-state index contributed by atoms with van der Waals surface area (Å²) in [6.45, 7) is 0.622. The zero-order chi connectivity index (χ0) is 9.14. The molecule has 5 nitrogen and oxygen atoms in total. The zero-order valence-electron chi connectivity index (χ0n) is 7.24. The van der Waals surface area contributed by atoms with Crippen LogP contribution in [0.5, 0.6) is 0 Å². The van der Waals surface area contributed by atoms with Crippen LogP contribution in [0.3, 0.4) is 0 Å². The zero-order valence-corrected chi connectivity index (χ0v) is 7.24. The van der Waals surface area contributed by atoms with Crippen molar-refractivity contribution in [3.8, 4) is 0 Å². The summed E-state index contributed by atoms with van der Waals surface area (Å²) in [5.74, 6) is -0.202. The SMILES string of the molecule is CN1COCCC(=O)N(C)C1=O. The highest BCUT2D eigenvalue weighted by Crippen LogP contribution is 2.02. The molecule has 0 aromatic carbocycles. The van der Waals surface area contributed by atoms with Gasteiger partial charge in [0.1, 0.15) is 6.73 Å². The van der Waals surface area contributed by atoms with E-state index in [-0.39, 0.29) is 25.1 Å². The minimum absolute atomic E-state index is 0.202. The number of amides is 3. The number of imide groups is 1. The molecule has 0 radical (unpaired) electrons. The predicted octanol–water partition coefficient (Wildman–Crippen LogP) is -0.126. The molecule has 0 aromatic rings. The molecule has 1 fully saturated rings. The quantitative estimate of drug-likeness (QED) is 0.511. The average molecular weight is 172 g/mol. The molecule has 0 bridgehead atoms. The maximum absolute atomic E-state index is 11.3. The molecule has 12 heavy (non-hydrogen) atoms. The molecule has 0 N–H and O–H groups in total. The fraction of sp³-hybridized carbons (Fsp3) is 0.714. The van der Waals surface area contributed by atoms with Crippen LogP contribution in [0.1, 0.15) is 6.42 Å². The van der Waals surface area contributed by atoms with Crippen molar-refractivity contribution in [2.75, 3.05) is 27.4 Å². The molecule has 0 saturated carbocycles. The Hall–Kier alpha value is -1.10. The van der Waals surface area contributed by atoms with Crippen LogP contribution in [0.15, 0.2) is 0 Å². The number of hydrogen-bond donors (Lipinski definition) is 0. The highest BCUT2D eigenvalue weighted by Gasteiger charge is 2.22. The Morgan fingerprint density at radius 3 is 2.67 bits per heavy atom. The standard InChI is InChI=1S/C7H12N2O3/c1-8-5-12-4-3-6(10)9(2)7(8)11/h3-5H2,1-2H3. The van der Waals surface area contributed by atoms with Crippen molar-refractivity contribution < 1.29 is 14.3 Å². The van der Waals surface area contributed by atoms with E-state index in [0.717, 1.165) is 4.90 Å². The van der Waals surface area contributed by atoms with Gasteiger partial charge in [-0.15, -0.1) is 0 Å². The first-order valence-electron chi connectivity index (χ1n) is 3.72. The Kier molecular flexibility index (Phi) is 2.65. The van der Waals surface area contributed by atoms with Gasteiger partial charge < -0.3 is 9.64 Å². The summed E-state index contributed by atoms with van der Waals surface area (Å²) < 4.78 is 5.03. The van der Waals surface area contributed by atoms with Gasteiger partial charge in [-0.3, -0.25) is 9.69 Å². The summed E-state index contributed by atoms with van der Waals surface area (Å²) in [4.78, 5) is 24.9. The lowest BCUT2D eigenvalue weighted by atomic mass is 10.4. The summed E-state index contributed by atoms with van der Waals surface area (Å²) in [5.41, 5.74) is 0. The highest BCUT2D eigenvalue weighted by molar-refractivity contribution is 5.94. The predicted molar refractivity (Wildman–Crippen MR) is 41.4 cm³/mol. The minimum Gasteiger partial charge on any atom is -0.360 e. The first kappa shape index (κ1) is 8.99. The van der Waals surface area contributed by atoms with E-state index in [1.54, 1.807) is 7.05 Å². The topological polar surface area (TPSA) is 49.9 Å². The number of urea groups is 1. The largest absolute Gasteiger partial charge is 0.360 e. The molecule has 1 aliphatic rings. The second-order valence-corrected chi connectivity index (χ2v) is 2.72. The van der Waals surface area contributed by atoms with E-state index in [0.29, 0.717) is 6.61 Å². The highest BCUT2D eigenvalue weighted by atomic mass is 16.5.